The number of aromatic nitrogens is 2. The predicted octanol–water partition coefficient (Wildman–Crippen LogP) is 3.72. The van der Waals surface area contributed by atoms with Crippen molar-refractivity contribution in [2.75, 3.05) is 0 Å². The molecule has 1 amide bonds. The summed E-state index contributed by atoms with van der Waals surface area (Å²) in [6, 6.07) is 11.2. The molecule has 0 aliphatic heterocycles. The molecule has 0 fully saturated rings. The fourth-order valence-electron chi connectivity index (χ4n) is 2.13. The van der Waals surface area contributed by atoms with Crippen molar-refractivity contribution in [1.29, 1.82) is 0 Å². The molecule has 2 aromatic heterocycles. The van der Waals surface area contributed by atoms with E-state index in [4.69, 9.17) is 4.42 Å². The molecular weight excluding hydrogens is 346 g/mol. The van der Waals surface area contributed by atoms with Crippen LogP contribution in [0.1, 0.15) is 29.1 Å². The number of halogens is 1. The van der Waals surface area contributed by atoms with Gasteiger partial charge in [0.1, 0.15) is 0 Å². The summed E-state index contributed by atoms with van der Waals surface area (Å²) in [7, 11) is 0. The minimum atomic E-state index is -0.239. The van der Waals surface area contributed by atoms with E-state index in [2.05, 4.69) is 26.2 Å². The van der Waals surface area contributed by atoms with E-state index in [1.807, 2.05) is 42.0 Å². The average molecular weight is 360 g/mol. The summed E-state index contributed by atoms with van der Waals surface area (Å²) in [5.41, 5.74) is 2.04. The summed E-state index contributed by atoms with van der Waals surface area (Å²) < 4.78 is 7.71. The number of rotatable bonds is 4. The van der Waals surface area contributed by atoms with Crippen LogP contribution in [0.15, 0.2) is 64.2 Å². The molecule has 1 N–H and O–H groups in total. The van der Waals surface area contributed by atoms with Crippen LogP contribution in [0.4, 0.5) is 0 Å². The second kappa shape index (κ2) is 6.19. The van der Waals surface area contributed by atoms with Gasteiger partial charge in [0.05, 0.1) is 12.4 Å². The van der Waals surface area contributed by atoms with Gasteiger partial charge >= 0.3 is 0 Å². The molecule has 112 valence electrons. The van der Waals surface area contributed by atoms with E-state index < -0.39 is 0 Å². The van der Waals surface area contributed by atoms with Crippen LogP contribution in [-0.4, -0.2) is 15.5 Å². The fourth-order valence-corrected chi connectivity index (χ4v) is 2.44. The van der Waals surface area contributed by atoms with Gasteiger partial charge in [-0.1, -0.05) is 12.1 Å². The summed E-state index contributed by atoms with van der Waals surface area (Å²) in [4.78, 5) is 16.1. The van der Waals surface area contributed by atoms with Gasteiger partial charge in [0.2, 0.25) is 0 Å². The van der Waals surface area contributed by atoms with E-state index in [0.29, 0.717) is 4.67 Å². The molecule has 0 bridgehead atoms. The third-order valence-electron chi connectivity index (χ3n) is 3.34. The molecule has 1 atom stereocenters. The van der Waals surface area contributed by atoms with Crippen molar-refractivity contribution in [2.45, 2.75) is 13.0 Å². The highest BCUT2D eigenvalue weighted by molar-refractivity contribution is 9.10. The summed E-state index contributed by atoms with van der Waals surface area (Å²) >= 11 is 3.18. The maximum atomic E-state index is 12.1. The van der Waals surface area contributed by atoms with E-state index in [0.717, 1.165) is 11.3 Å². The van der Waals surface area contributed by atoms with Gasteiger partial charge in [-0.3, -0.25) is 4.79 Å². The molecule has 5 nitrogen and oxygen atoms in total. The van der Waals surface area contributed by atoms with Gasteiger partial charge in [-0.15, -0.1) is 0 Å². The Balaban J connectivity index is 1.69. The topological polar surface area (TPSA) is 60.1 Å². The number of imidazole rings is 1. The van der Waals surface area contributed by atoms with E-state index in [9.17, 15) is 4.79 Å². The molecular formula is C16H14BrN3O2. The Morgan fingerprint density at radius 3 is 2.64 bits per heavy atom. The zero-order valence-electron chi connectivity index (χ0n) is 11.9. The van der Waals surface area contributed by atoms with Gasteiger partial charge in [-0.2, -0.15) is 0 Å². The van der Waals surface area contributed by atoms with Gasteiger partial charge in [0.15, 0.2) is 10.4 Å². The van der Waals surface area contributed by atoms with E-state index in [-0.39, 0.29) is 17.7 Å². The first-order valence-corrected chi connectivity index (χ1v) is 7.57. The number of hydrogen-bond donors (Lipinski definition) is 1. The number of furan rings is 1. The Labute approximate surface area is 136 Å². The van der Waals surface area contributed by atoms with Crippen LogP contribution < -0.4 is 5.32 Å². The number of nitrogens with one attached hydrogen (secondary N) is 1. The highest BCUT2D eigenvalue weighted by atomic mass is 79.9. The lowest BCUT2D eigenvalue weighted by Crippen LogP contribution is -2.26. The van der Waals surface area contributed by atoms with Crippen molar-refractivity contribution in [3.05, 3.63) is 71.1 Å². The number of carbonyl (C=O) groups is 1. The standard InChI is InChI=1S/C16H14BrN3O2/c1-11(19-16(21)14-6-7-15(17)22-14)12-2-4-13(5-3-12)20-9-8-18-10-20/h2-11H,1H3,(H,19,21)/t11-/m0/s1. The Morgan fingerprint density at radius 2 is 2.05 bits per heavy atom. The Hall–Kier alpha value is -2.34. The van der Waals surface area contributed by atoms with Gasteiger partial charge in [-0.05, 0) is 52.7 Å². The highest BCUT2D eigenvalue weighted by Crippen LogP contribution is 2.18. The number of amides is 1. The molecule has 3 aromatic rings. The van der Waals surface area contributed by atoms with Crippen molar-refractivity contribution >= 4 is 21.8 Å². The molecule has 0 aliphatic rings. The lowest BCUT2D eigenvalue weighted by atomic mass is 10.1. The molecule has 0 saturated heterocycles. The Bertz CT molecular complexity index is 763. The van der Waals surface area contributed by atoms with Crippen LogP contribution in [0.3, 0.4) is 0 Å². The molecule has 6 heteroatoms. The smallest absolute Gasteiger partial charge is 0.287 e. The number of nitrogens with zero attached hydrogens (tertiary/aromatic N) is 2. The zero-order chi connectivity index (χ0) is 15.5. The van der Waals surface area contributed by atoms with Crippen LogP contribution >= 0.6 is 15.9 Å². The molecule has 0 unspecified atom stereocenters. The lowest BCUT2D eigenvalue weighted by molar-refractivity contribution is 0.0910. The first kappa shape index (κ1) is 14.6. The average Bonchev–Trinajstić information content (AvgIpc) is 3.18. The summed E-state index contributed by atoms with van der Waals surface area (Å²) in [6.07, 6.45) is 5.36. The van der Waals surface area contributed by atoms with Crippen molar-refractivity contribution in [3.63, 3.8) is 0 Å². The second-order valence-electron chi connectivity index (χ2n) is 4.86. The molecule has 0 aliphatic carbocycles. The molecule has 0 spiro atoms. The van der Waals surface area contributed by atoms with Crippen LogP contribution in [0.25, 0.3) is 5.69 Å². The number of hydrogen-bond acceptors (Lipinski definition) is 3. The molecule has 1 aromatic carbocycles. The molecule has 0 radical (unpaired) electrons. The molecule has 0 saturated carbocycles. The maximum Gasteiger partial charge on any atom is 0.287 e. The van der Waals surface area contributed by atoms with Crippen LogP contribution in [0.5, 0.6) is 0 Å². The molecule has 22 heavy (non-hydrogen) atoms. The van der Waals surface area contributed by atoms with Gasteiger partial charge in [0.25, 0.3) is 5.91 Å². The predicted molar refractivity (Wildman–Crippen MR) is 85.9 cm³/mol. The largest absolute Gasteiger partial charge is 0.444 e. The van der Waals surface area contributed by atoms with Crippen molar-refractivity contribution in [2.24, 2.45) is 0 Å². The monoisotopic (exact) mass is 359 g/mol. The summed E-state index contributed by atoms with van der Waals surface area (Å²) in [6.45, 7) is 1.93. The molecule has 3 rings (SSSR count). The normalized spacial score (nSPS) is 12.1. The van der Waals surface area contributed by atoms with Crippen LogP contribution in [0, 0.1) is 0 Å². The van der Waals surface area contributed by atoms with Crippen LogP contribution in [-0.2, 0) is 0 Å². The Kier molecular flexibility index (Phi) is 4.11. The third-order valence-corrected chi connectivity index (χ3v) is 3.77. The third kappa shape index (κ3) is 3.12. The fraction of sp³-hybridized carbons (Fsp3) is 0.125. The summed E-state index contributed by atoms with van der Waals surface area (Å²) in [5.74, 6) is 0.0469. The maximum absolute atomic E-state index is 12.1. The minimum absolute atomic E-state index is 0.117. The first-order valence-electron chi connectivity index (χ1n) is 6.78. The van der Waals surface area contributed by atoms with Crippen molar-refractivity contribution in [1.82, 2.24) is 14.9 Å². The minimum Gasteiger partial charge on any atom is -0.444 e. The van der Waals surface area contributed by atoms with Gasteiger partial charge < -0.3 is 14.3 Å². The summed E-state index contributed by atoms with van der Waals surface area (Å²) in [5, 5.41) is 2.91. The first-order chi connectivity index (χ1) is 10.6. The number of benzene rings is 1. The SMILES string of the molecule is C[C@H](NC(=O)c1ccc(Br)o1)c1ccc(-n2ccnc2)cc1. The number of carbonyl (C=O) groups excluding carboxylic acids is 1. The van der Waals surface area contributed by atoms with E-state index in [1.165, 1.54) is 0 Å². The van der Waals surface area contributed by atoms with E-state index in [1.54, 1.807) is 24.7 Å². The highest BCUT2D eigenvalue weighted by Gasteiger charge is 2.14. The lowest BCUT2D eigenvalue weighted by Gasteiger charge is -2.14. The van der Waals surface area contributed by atoms with Crippen molar-refractivity contribution in [3.8, 4) is 5.69 Å². The molecule has 2 heterocycles. The van der Waals surface area contributed by atoms with Crippen LogP contribution in [0.2, 0.25) is 0 Å². The quantitative estimate of drug-likeness (QED) is 0.772. The Morgan fingerprint density at radius 1 is 1.27 bits per heavy atom. The van der Waals surface area contributed by atoms with Crippen molar-refractivity contribution < 1.29 is 9.21 Å². The second-order valence-corrected chi connectivity index (χ2v) is 5.64. The van der Waals surface area contributed by atoms with Gasteiger partial charge in [0, 0.05) is 18.1 Å². The van der Waals surface area contributed by atoms with Gasteiger partial charge in [-0.25, -0.2) is 4.98 Å². The van der Waals surface area contributed by atoms with E-state index >= 15 is 0 Å². The zero-order valence-corrected chi connectivity index (χ0v) is 13.4.